The number of benzene rings is 2. The Hall–Kier alpha value is -3.65. The zero-order valence-electron chi connectivity index (χ0n) is 14.1. The van der Waals surface area contributed by atoms with E-state index in [-0.39, 0.29) is 24.6 Å². The van der Waals surface area contributed by atoms with E-state index in [1.165, 1.54) is 6.08 Å². The maximum Gasteiger partial charge on any atom is 0.277 e. The molecule has 0 radical (unpaired) electrons. The second kappa shape index (κ2) is 6.58. The van der Waals surface area contributed by atoms with Crippen LogP contribution in [0.2, 0.25) is 0 Å². The number of aromatic nitrogens is 2. The molecule has 1 aliphatic heterocycles. The van der Waals surface area contributed by atoms with E-state index in [9.17, 15) is 14.7 Å². The van der Waals surface area contributed by atoms with Gasteiger partial charge < -0.3 is 20.5 Å². The summed E-state index contributed by atoms with van der Waals surface area (Å²) in [5, 5.41) is 21.3. The lowest BCUT2D eigenvalue weighted by Gasteiger charge is -2.13. The molecule has 8 nitrogen and oxygen atoms in total. The molecule has 2 aromatic carbocycles. The van der Waals surface area contributed by atoms with Gasteiger partial charge in [-0.1, -0.05) is 0 Å². The number of β-amino-alcohol motifs (C(OH)–C–C–N with tert-alkyl or cyclic N) is 1. The van der Waals surface area contributed by atoms with Gasteiger partial charge in [-0.2, -0.15) is 0 Å². The first-order valence-corrected chi connectivity index (χ1v) is 8.30. The molecule has 4 N–H and O–H groups in total. The number of phenolic OH excluding ortho intramolecular Hbond substituents is 1. The van der Waals surface area contributed by atoms with Crippen LogP contribution in [0, 0.1) is 0 Å². The van der Waals surface area contributed by atoms with Gasteiger partial charge in [-0.25, -0.2) is 4.98 Å². The van der Waals surface area contributed by atoms with Crippen molar-refractivity contribution in [2.75, 3.05) is 18.5 Å². The number of hydrogen-bond donors (Lipinski definition) is 4. The maximum absolute atomic E-state index is 12.2. The zero-order valence-corrected chi connectivity index (χ0v) is 14.1. The van der Waals surface area contributed by atoms with Crippen molar-refractivity contribution in [3.05, 3.63) is 54.2 Å². The monoisotopic (exact) mass is 364 g/mol. The lowest BCUT2D eigenvalue weighted by atomic mass is 10.2. The first-order chi connectivity index (χ1) is 13.0. The fourth-order valence-corrected chi connectivity index (χ4v) is 2.91. The number of anilines is 1. The summed E-state index contributed by atoms with van der Waals surface area (Å²) < 4.78 is 0. The number of imide groups is 1. The average Bonchev–Trinajstić information content (AvgIpc) is 3.19. The average molecular weight is 364 g/mol. The highest BCUT2D eigenvalue weighted by atomic mass is 16.3. The highest BCUT2D eigenvalue weighted by Crippen LogP contribution is 2.25. The van der Waals surface area contributed by atoms with Crippen molar-refractivity contribution >= 4 is 28.5 Å². The predicted octanol–water partition coefficient (Wildman–Crippen LogP) is 1.59. The summed E-state index contributed by atoms with van der Waals surface area (Å²) in [5.74, 6) is -0.0828. The molecule has 1 aromatic heterocycles. The minimum absolute atomic E-state index is 0.0328. The maximum atomic E-state index is 12.2. The number of aromatic hydroxyl groups is 1. The first kappa shape index (κ1) is 16.8. The third-order valence-electron chi connectivity index (χ3n) is 4.23. The first-order valence-electron chi connectivity index (χ1n) is 8.30. The number of imidazole rings is 1. The second-order valence-electron chi connectivity index (χ2n) is 6.07. The van der Waals surface area contributed by atoms with Gasteiger partial charge in [-0.3, -0.25) is 14.5 Å². The molecule has 0 unspecified atom stereocenters. The van der Waals surface area contributed by atoms with E-state index >= 15 is 0 Å². The Kier molecular flexibility index (Phi) is 4.09. The van der Waals surface area contributed by atoms with Crippen LogP contribution < -0.4 is 5.32 Å². The van der Waals surface area contributed by atoms with Crippen LogP contribution in [0.1, 0.15) is 0 Å². The number of fused-ring (bicyclic) bond motifs is 1. The van der Waals surface area contributed by atoms with Gasteiger partial charge in [0.05, 0.1) is 24.2 Å². The summed E-state index contributed by atoms with van der Waals surface area (Å²) >= 11 is 0. The molecule has 0 fully saturated rings. The van der Waals surface area contributed by atoms with Crippen LogP contribution in [0.15, 0.2) is 54.2 Å². The zero-order chi connectivity index (χ0) is 19.0. The van der Waals surface area contributed by atoms with Gasteiger partial charge in [-0.15, -0.1) is 0 Å². The van der Waals surface area contributed by atoms with E-state index in [1.54, 1.807) is 42.5 Å². The summed E-state index contributed by atoms with van der Waals surface area (Å²) in [5.41, 5.74) is 3.12. The van der Waals surface area contributed by atoms with Gasteiger partial charge in [0.2, 0.25) is 0 Å². The summed E-state index contributed by atoms with van der Waals surface area (Å²) in [6.45, 7) is -0.312. The molecule has 0 spiro atoms. The number of rotatable bonds is 5. The summed E-state index contributed by atoms with van der Waals surface area (Å²) in [7, 11) is 0. The number of H-pyrrole nitrogens is 1. The van der Waals surface area contributed by atoms with Crippen molar-refractivity contribution in [2.24, 2.45) is 0 Å². The highest BCUT2D eigenvalue weighted by molar-refractivity contribution is 6.17. The number of phenols is 1. The quantitative estimate of drug-likeness (QED) is 0.511. The topological polar surface area (TPSA) is 119 Å². The van der Waals surface area contributed by atoms with Crippen LogP contribution in [-0.4, -0.2) is 50.0 Å². The van der Waals surface area contributed by atoms with Crippen molar-refractivity contribution in [3.8, 4) is 17.1 Å². The standard InChI is InChI=1S/C19H16N4O4/c24-8-7-23-17(26)10-16(19(23)27)20-12-3-6-14-15(9-12)22-18(21-14)11-1-4-13(25)5-2-11/h1-6,9-10,20,24-25H,7-8H2,(H,21,22). The number of nitrogens with zero attached hydrogens (tertiary/aromatic N) is 2. The minimum atomic E-state index is -0.469. The highest BCUT2D eigenvalue weighted by Gasteiger charge is 2.30. The summed E-state index contributed by atoms with van der Waals surface area (Å²) in [6, 6.07) is 12.0. The van der Waals surface area contributed by atoms with Crippen LogP contribution in [0.5, 0.6) is 5.75 Å². The van der Waals surface area contributed by atoms with E-state index in [0.717, 1.165) is 21.5 Å². The molecule has 0 atom stereocenters. The molecule has 0 aliphatic carbocycles. The molecule has 2 amide bonds. The fourth-order valence-electron chi connectivity index (χ4n) is 2.91. The van der Waals surface area contributed by atoms with E-state index in [2.05, 4.69) is 15.3 Å². The minimum Gasteiger partial charge on any atom is -0.508 e. The molecular formula is C19H16N4O4. The molecule has 4 rings (SSSR count). The molecular weight excluding hydrogens is 348 g/mol. The van der Waals surface area contributed by atoms with Gasteiger partial charge in [-0.05, 0) is 42.5 Å². The fraction of sp³-hybridized carbons (Fsp3) is 0.105. The molecule has 3 aromatic rings. The predicted molar refractivity (Wildman–Crippen MR) is 98.7 cm³/mol. The lowest BCUT2D eigenvalue weighted by molar-refractivity contribution is -0.137. The molecule has 0 saturated heterocycles. The van der Waals surface area contributed by atoms with Crippen LogP contribution in [0.25, 0.3) is 22.4 Å². The summed E-state index contributed by atoms with van der Waals surface area (Å²) in [6.07, 6.45) is 1.22. The van der Waals surface area contributed by atoms with Gasteiger partial charge in [0, 0.05) is 17.3 Å². The number of aliphatic hydroxyl groups excluding tert-OH is 1. The van der Waals surface area contributed by atoms with Gasteiger partial charge in [0.25, 0.3) is 11.8 Å². The molecule has 8 heteroatoms. The molecule has 1 aliphatic rings. The Morgan fingerprint density at radius 1 is 1.11 bits per heavy atom. The Labute approximate surface area is 153 Å². The number of nitrogens with one attached hydrogen (secondary N) is 2. The molecule has 2 heterocycles. The SMILES string of the molecule is O=C1C=C(Nc2ccc3nc(-c4ccc(O)cc4)[nH]c3c2)C(=O)N1CCO. The van der Waals surface area contributed by atoms with E-state index in [4.69, 9.17) is 5.11 Å². The Morgan fingerprint density at radius 2 is 1.89 bits per heavy atom. The van der Waals surface area contributed by atoms with E-state index in [1.807, 2.05) is 0 Å². The third kappa shape index (κ3) is 3.13. The van der Waals surface area contributed by atoms with E-state index in [0.29, 0.717) is 11.5 Å². The summed E-state index contributed by atoms with van der Waals surface area (Å²) in [4.78, 5) is 32.7. The molecule has 0 bridgehead atoms. The van der Waals surface area contributed by atoms with Crippen molar-refractivity contribution in [3.63, 3.8) is 0 Å². The van der Waals surface area contributed by atoms with Gasteiger partial charge in [0.15, 0.2) is 0 Å². The largest absolute Gasteiger partial charge is 0.508 e. The number of aliphatic hydroxyl groups is 1. The van der Waals surface area contributed by atoms with E-state index < -0.39 is 11.8 Å². The number of hydrogen-bond acceptors (Lipinski definition) is 6. The molecule has 27 heavy (non-hydrogen) atoms. The van der Waals surface area contributed by atoms with Crippen LogP contribution in [0.4, 0.5) is 5.69 Å². The van der Waals surface area contributed by atoms with Gasteiger partial charge in [0.1, 0.15) is 17.3 Å². The van der Waals surface area contributed by atoms with Crippen molar-refractivity contribution in [2.45, 2.75) is 0 Å². The molecule has 136 valence electrons. The number of amides is 2. The van der Waals surface area contributed by atoms with Gasteiger partial charge >= 0.3 is 0 Å². The second-order valence-corrected chi connectivity index (χ2v) is 6.07. The lowest BCUT2D eigenvalue weighted by Crippen LogP contribution is -2.34. The van der Waals surface area contributed by atoms with Crippen LogP contribution in [0.3, 0.4) is 0 Å². The smallest absolute Gasteiger partial charge is 0.277 e. The molecule has 0 saturated carbocycles. The Bertz CT molecular complexity index is 1070. The number of carbonyl (C=O) groups excluding carboxylic acids is 2. The van der Waals surface area contributed by atoms with Crippen molar-refractivity contribution < 1.29 is 19.8 Å². The normalized spacial score (nSPS) is 14.1. The Balaban J connectivity index is 1.59. The number of aromatic amines is 1. The Morgan fingerprint density at radius 3 is 2.63 bits per heavy atom. The van der Waals surface area contributed by atoms with Crippen LogP contribution >= 0.6 is 0 Å². The van der Waals surface area contributed by atoms with Crippen molar-refractivity contribution in [1.29, 1.82) is 0 Å². The third-order valence-corrected chi connectivity index (χ3v) is 4.23. The van der Waals surface area contributed by atoms with Crippen molar-refractivity contribution in [1.82, 2.24) is 14.9 Å². The van der Waals surface area contributed by atoms with Crippen LogP contribution in [-0.2, 0) is 9.59 Å². The number of carbonyl (C=O) groups is 2.